The zero-order chi connectivity index (χ0) is 25.8. The highest BCUT2D eigenvalue weighted by atomic mass is 16.6. The number of allylic oxidation sites excluding steroid dienone is 1. The molecule has 1 N–H and O–H groups in total. The van der Waals surface area contributed by atoms with Gasteiger partial charge in [-0.1, -0.05) is 39.8 Å². The first-order chi connectivity index (χ1) is 15.5. The molecular formula is C26H34O8. The maximum Gasteiger partial charge on any atom is 0.358 e. The molecule has 8 heteroatoms. The lowest BCUT2D eigenvalue weighted by molar-refractivity contribution is -0.237. The van der Waals surface area contributed by atoms with Crippen LogP contribution in [0.4, 0.5) is 0 Å². The lowest BCUT2D eigenvalue weighted by Gasteiger charge is -2.68. The van der Waals surface area contributed by atoms with Gasteiger partial charge in [0.25, 0.3) is 5.60 Å². The molecule has 0 bridgehead atoms. The van der Waals surface area contributed by atoms with Gasteiger partial charge in [-0.2, -0.15) is 0 Å². The van der Waals surface area contributed by atoms with Crippen LogP contribution in [0.25, 0.3) is 0 Å². The molecule has 0 aromatic heterocycles. The summed E-state index contributed by atoms with van der Waals surface area (Å²) >= 11 is 0. The van der Waals surface area contributed by atoms with Gasteiger partial charge in [-0.05, 0) is 38.0 Å². The highest BCUT2D eigenvalue weighted by Crippen LogP contribution is 2.71. The Morgan fingerprint density at radius 2 is 1.65 bits per heavy atom. The second-order valence-corrected chi connectivity index (χ2v) is 12.0. The van der Waals surface area contributed by atoms with Crippen LogP contribution in [0.2, 0.25) is 0 Å². The number of rotatable bonds is 1. The van der Waals surface area contributed by atoms with E-state index in [2.05, 4.69) is 6.58 Å². The first-order valence-electron chi connectivity index (χ1n) is 11.8. The first kappa shape index (κ1) is 24.8. The van der Waals surface area contributed by atoms with Gasteiger partial charge >= 0.3 is 11.9 Å². The van der Waals surface area contributed by atoms with E-state index in [1.807, 2.05) is 6.92 Å². The van der Waals surface area contributed by atoms with Gasteiger partial charge in [0.05, 0.1) is 18.4 Å². The van der Waals surface area contributed by atoms with E-state index >= 15 is 0 Å². The maximum absolute atomic E-state index is 13.8. The Labute approximate surface area is 199 Å². The molecule has 8 nitrogen and oxygen atoms in total. The zero-order valence-corrected chi connectivity index (χ0v) is 20.9. The summed E-state index contributed by atoms with van der Waals surface area (Å²) in [4.78, 5) is 66.5. The Hall–Kier alpha value is -2.35. The summed E-state index contributed by atoms with van der Waals surface area (Å²) in [7, 11) is 1.10. The van der Waals surface area contributed by atoms with Gasteiger partial charge in [-0.25, -0.2) is 4.79 Å². The third-order valence-electron chi connectivity index (χ3n) is 10.1. The van der Waals surface area contributed by atoms with Crippen LogP contribution >= 0.6 is 0 Å². The topological polar surface area (TPSA) is 124 Å². The lowest BCUT2D eigenvalue weighted by atomic mass is 9.34. The number of hydrogen-bond donors (Lipinski definition) is 1. The van der Waals surface area contributed by atoms with Crippen molar-refractivity contribution in [3.05, 3.63) is 12.2 Å². The Morgan fingerprint density at radius 1 is 1.06 bits per heavy atom. The fraction of sp³-hybridized carbons (Fsp3) is 0.731. The van der Waals surface area contributed by atoms with Crippen LogP contribution in [0.5, 0.6) is 0 Å². The standard InChI is InChI=1S/C26H34O8/c1-12-11-13-23(4)10-9-14(27)22(2,3)16(23)15(28)18(29)25(13,6)17-19(30)34-26(7,21(32)33-8)20(31)24(12,17)5/h13,16-18,29H,1,9-11H2,2-8H3/t13-,16+,17-,18+,23-,24+,25-,26-/m1/s1. The number of carbonyl (C=O) groups excluding carboxylic acids is 5. The molecule has 0 aromatic carbocycles. The van der Waals surface area contributed by atoms with E-state index in [-0.39, 0.29) is 18.6 Å². The van der Waals surface area contributed by atoms with Crippen LogP contribution in [0.1, 0.15) is 60.8 Å². The summed E-state index contributed by atoms with van der Waals surface area (Å²) in [5.74, 6) is -5.41. The Balaban J connectivity index is 1.93. The molecule has 0 radical (unpaired) electrons. The summed E-state index contributed by atoms with van der Waals surface area (Å²) in [5.41, 5.74) is -6.29. The van der Waals surface area contributed by atoms with Crippen molar-refractivity contribution in [2.24, 2.45) is 39.4 Å². The fourth-order valence-electron chi connectivity index (χ4n) is 8.27. The summed E-state index contributed by atoms with van der Waals surface area (Å²) in [6.45, 7) is 14.0. The molecule has 0 aromatic rings. The van der Waals surface area contributed by atoms with E-state index < -0.39 is 74.6 Å². The molecule has 3 aliphatic carbocycles. The van der Waals surface area contributed by atoms with E-state index in [0.29, 0.717) is 12.0 Å². The molecule has 1 heterocycles. The van der Waals surface area contributed by atoms with Crippen LogP contribution in [-0.4, -0.2) is 53.2 Å². The molecule has 0 unspecified atom stereocenters. The maximum atomic E-state index is 13.8. The van der Waals surface area contributed by atoms with E-state index in [4.69, 9.17) is 9.47 Å². The SMILES string of the molecule is C=C1C[C@@H]2[C@@]3(C)CCC(=O)C(C)(C)[C@@H]3C(=O)[C@H](O)[C@@]2(C)[C@@H]2C(=O)O[C@@](C)(C(=O)OC)C(=O)[C@@]12C. The second kappa shape index (κ2) is 6.86. The molecule has 4 rings (SSSR count). The van der Waals surface area contributed by atoms with Gasteiger partial charge in [0.2, 0.25) is 0 Å². The summed E-state index contributed by atoms with van der Waals surface area (Å²) in [6, 6.07) is 0. The number of esters is 2. The summed E-state index contributed by atoms with van der Waals surface area (Å²) in [6.07, 6.45) is -0.616. The van der Waals surface area contributed by atoms with Gasteiger partial charge in [0.1, 0.15) is 11.9 Å². The Kier molecular flexibility index (Phi) is 5.00. The van der Waals surface area contributed by atoms with Crippen LogP contribution in [0.3, 0.4) is 0 Å². The number of methoxy groups -OCH3 is 1. The van der Waals surface area contributed by atoms with Crippen LogP contribution in [-0.2, 0) is 33.4 Å². The number of carbonyl (C=O) groups is 5. The number of Topliss-reactive ketones (excluding diaryl/α,β-unsaturated/α-hetero) is 3. The van der Waals surface area contributed by atoms with Crippen molar-refractivity contribution in [2.45, 2.75) is 72.5 Å². The molecule has 186 valence electrons. The average Bonchev–Trinajstić information content (AvgIpc) is 2.75. The van der Waals surface area contributed by atoms with Crippen molar-refractivity contribution >= 4 is 29.3 Å². The second-order valence-electron chi connectivity index (χ2n) is 12.0. The van der Waals surface area contributed by atoms with Crippen LogP contribution in [0.15, 0.2) is 12.2 Å². The van der Waals surface area contributed by atoms with E-state index in [0.717, 1.165) is 7.11 Å². The number of cyclic esters (lactones) is 1. The lowest BCUT2D eigenvalue weighted by Crippen LogP contribution is -2.75. The molecule has 0 amide bonds. The van der Waals surface area contributed by atoms with Crippen LogP contribution in [0, 0.1) is 39.4 Å². The monoisotopic (exact) mass is 474 g/mol. The number of aliphatic hydroxyl groups is 1. The molecule has 3 saturated carbocycles. The van der Waals surface area contributed by atoms with E-state index in [9.17, 15) is 29.1 Å². The molecule has 4 fully saturated rings. The summed E-state index contributed by atoms with van der Waals surface area (Å²) < 4.78 is 10.2. The van der Waals surface area contributed by atoms with Crippen molar-refractivity contribution in [2.75, 3.05) is 7.11 Å². The number of ketones is 3. The van der Waals surface area contributed by atoms with E-state index in [1.165, 1.54) is 6.92 Å². The summed E-state index contributed by atoms with van der Waals surface area (Å²) in [5, 5.41) is 11.5. The minimum absolute atomic E-state index is 0.0281. The number of hydrogen-bond acceptors (Lipinski definition) is 8. The third kappa shape index (κ3) is 2.50. The molecule has 1 aliphatic heterocycles. The van der Waals surface area contributed by atoms with Gasteiger partial charge < -0.3 is 14.6 Å². The predicted octanol–water partition coefficient (Wildman–Crippen LogP) is 2.20. The average molecular weight is 475 g/mol. The zero-order valence-electron chi connectivity index (χ0n) is 20.9. The van der Waals surface area contributed by atoms with Gasteiger partial charge in [0, 0.05) is 23.2 Å². The minimum atomic E-state index is -2.15. The first-order valence-corrected chi connectivity index (χ1v) is 11.8. The quantitative estimate of drug-likeness (QED) is 0.348. The Bertz CT molecular complexity index is 1060. The van der Waals surface area contributed by atoms with Gasteiger partial charge in [0.15, 0.2) is 11.6 Å². The highest BCUT2D eigenvalue weighted by Gasteiger charge is 2.77. The smallest absolute Gasteiger partial charge is 0.358 e. The van der Waals surface area contributed by atoms with Crippen molar-refractivity contribution in [3.8, 4) is 0 Å². The van der Waals surface area contributed by atoms with Crippen molar-refractivity contribution in [1.82, 2.24) is 0 Å². The molecule has 1 saturated heterocycles. The minimum Gasteiger partial charge on any atom is -0.466 e. The van der Waals surface area contributed by atoms with Crippen LogP contribution < -0.4 is 0 Å². The highest BCUT2D eigenvalue weighted by molar-refractivity contribution is 6.15. The molecule has 0 spiro atoms. The van der Waals surface area contributed by atoms with Gasteiger partial charge in [-0.3, -0.25) is 19.2 Å². The Morgan fingerprint density at radius 3 is 2.21 bits per heavy atom. The normalized spacial score (nSPS) is 47.8. The third-order valence-corrected chi connectivity index (χ3v) is 10.1. The fourth-order valence-corrected chi connectivity index (χ4v) is 8.27. The molecule has 34 heavy (non-hydrogen) atoms. The van der Waals surface area contributed by atoms with Crippen molar-refractivity contribution < 1.29 is 38.6 Å². The molecule has 4 aliphatic rings. The predicted molar refractivity (Wildman–Crippen MR) is 119 cm³/mol. The number of ether oxygens (including phenoxy) is 2. The largest absolute Gasteiger partial charge is 0.466 e. The number of aliphatic hydroxyl groups excluding tert-OH is 1. The van der Waals surface area contributed by atoms with Crippen molar-refractivity contribution in [1.29, 1.82) is 0 Å². The van der Waals surface area contributed by atoms with E-state index in [1.54, 1.807) is 27.7 Å². The number of fused-ring (bicyclic) bond motifs is 5. The van der Waals surface area contributed by atoms with Gasteiger partial charge in [-0.15, -0.1) is 0 Å². The molecule has 8 atom stereocenters. The van der Waals surface area contributed by atoms with Crippen molar-refractivity contribution in [3.63, 3.8) is 0 Å². The molecular weight excluding hydrogens is 440 g/mol.